The van der Waals surface area contributed by atoms with Crippen molar-refractivity contribution >= 4 is 0 Å². The van der Waals surface area contributed by atoms with Gasteiger partial charge in [-0.15, -0.1) is 0 Å². The largest absolute Gasteiger partial charge is 0.330 e. The predicted molar refractivity (Wildman–Crippen MR) is 66.8 cm³/mol. The second-order valence-electron chi connectivity index (χ2n) is 5.57. The van der Waals surface area contributed by atoms with Crippen LogP contribution in [-0.4, -0.2) is 6.54 Å². The molecule has 0 radical (unpaired) electrons. The summed E-state index contributed by atoms with van der Waals surface area (Å²) in [5, 5.41) is 0. The van der Waals surface area contributed by atoms with Crippen LogP contribution in [0.15, 0.2) is 18.2 Å². The quantitative estimate of drug-likeness (QED) is 0.836. The normalized spacial score (nSPS) is 13.9. The van der Waals surface area contributed by atoms with Crippen molar-refractivity contribution in [2.45, 2.75) is 34.1 Å². The Kier molecular flexibility index (Phi) is 4.09. The molecule has 1 rings (SSSR count). The first-order chi connectivity index (χ1) is 7.34. The third-order valence-corrected chi connectivity index (χ3v) is 3.28. The Morgan fingerprint density at radius 1 is 1.31 bits per heavy atom. The maximum absolute atomic E-state index is 13.0. The van der Waals surface area contributed by atoms with Gasteiger partial charge in [0.05, 0.1) is 0 Å². The molecule has 1 nitrogen and oxygen atoms in total. The summed E-state index contributed by atoms with van der Waals surface area (Å²) in [7, 11) is 0. The minimum absolute atomic E-state index is 0.165. The molecule has 0 aliphatic rings. The molecule has 0 saturated carbocycles. The molecule has 0 spiro atoms. The van der Waals surface area contributed by atoms with Crippen molar-refractivity contribution in [3.63, 3.8) is 0 Å². The maximum Gasteiger partial charge on any atom is 0.123 e. The zero-order valence-electron chi connectivity index (χ0n) is 10.7. The lowest BCUT2D eigenvalue weighted by molar-refractivity contribution is 0.245. The van der Waals surface area contributed by atoms with E-state index in [4.69, 9.17) is 5.73 Å². The summed E-state index contributed by atoms with van der Waals surface area (Å²) in [5.74, 6) is 0.262. The van der Waals surface area contributed by atoms with Gasteiger partial charge < -0.3 is 5.73 Å². The zero-order chi connectivity index (χ0) is 12.3. The fourth-order valence-corrected chi connectivity index (χ4v) is 1.90. The van der Waals surface area contributed by atoms with Crippen LogP contribution >= 0.6 is 0 Å². The smallest absolute Gasteiger partial charge is 0.123 e. The van der Waals surface area contributed by atoms with Gasteiger partial charge in [-0.3, -0.25) is 0 Å². The lowest BCUT2D eigenvalue weighted by Crippen LogP contribution is -2.30. The van der Waals surface area contributed by atoms with E-state index in [0.29, 0.717) is 12.5 Å². The van der Waals surface area contributed by atoms with Crippen LogP contribution in [0.5, 0.6) is 0 Å². The summed E-state index contributed by atoms with van der Waals surface area (Å²) >= 11 is 0. The molecule has 0 heterocycles. The van der Waals surface area contributed by atoms with Gasteiger partial charge in [-0.1, -0.05) is 26.8 Å². The van der Waals surface area contributed by atoms with Crippen molar-refractivity contribution in [3.05, 3.63) is 35.1 Å². The second kappa shape index (κ2) is 4.96. The SMILES string of the molecule is Cc1cc(F)ccc1CC(CN)C(C)(C)C. The molecule has 0 aliphatic heterocycles. The Balaban J connectivity index is 2.86. The zero-order valence-corrected chi connectivity index (χ0v) is 10.7. The van der Waals surface area contributed by atoms with Gasteiger partial charge in [0, 0.05) is 0 Å². The molecule has 1 aromatic carbocycles. The highest BCUT2D eigenvalue weighted by molar-refractivity contribution is 5.27. The molecule has 0 aliphatic carbocycles. The van der Waals surface area contributed by atoms with Crippen molar-refractivity contribution in [2.75, 3.05) is 6.54 Å². The minimum atomic E-state index is -0.165. The van der Waals surface area contributed by atoms with E-state index in [-0.39, 0.29) is 11.2 Å². The molecule has 1 aromatic rings. The summed E-state index contributed by atoms with van der Waals surface area (Å²) in [6.07, 6.45) is 0.923. The van der Waals surface area contributed by atoms with Crippen LogP contribution in [0.2, 0.25) is 0 Å². The molecule has 0 amide bonds. The summed E-state index contributed by atoms with van der Waals surface area (Å²) in [6.45, 7) is 9.21. The molecule has 0 aromatic heterocycles. The molecule has 0 saturated heterocycles. The lowest BCUT2D eigenvalue weighted by atomic mass is 9.77. The van der Waals surface area contributed by atoms with Gasteiger partial charge in [0.25, 0.3) is 0 Å². The highest BCUT2D eigenvalue weighted by Gasteiger charge is 2.23. The Bertz CT molecular complexity index is 352. The third-order valence-electron chi connectivity index (χ3n) is 3.28. The Labute approximate surface area is 97.9 Å². The van der Waals surface area contributed by atoms with Crippen LogP contribution in [0, 0.1) is 24.1 Å². The van der Waals surface area contributed by atoms with Crippen LogP contribution in [0.3, 0.4) is 0 Å². The fourth-order valence-electron chi connectivity index (χ4n) is 1.90. The minimum Gasteiger partial charge on any atom is -0.330 e. The van der Waals surface area contributed by atoms with Crippen LogP contribution in [0.1, 0.15) is 31.9 Å². The van der Waals surface area contributed by atoms with E-state index in [1.807, 2.05) is 13.0 Å². The van der Waals surface area contributed by atoms with Gasteiger partial charge in [0.15, 0.2) is 0 Å². The molecule has 2 N–H and O–H groups in total. The van der Waals surface area contributed by atoms with E-state index in [9.17, 15) is 4.39 Å². The topological polar surface area (TPSA) is 26.0 Å². The summed E-state index contributed by atoms with van der Waals surface area (Å²) in [6, 6.07) is 4.99. The van der Waals surface area contributed by atoms with Crippen molar-refractivity contribution < 1.29 is 4.39 Å². The number of hydrogen-bond acceptors (Lipinski definition) is 1. The van der Waals surface area contributed by atoms with E-state index >= 15 is 0 Å². The third kappa shape index (κ3) is 3.31. The van der Waals surface area contributed by atoms with Crippen LogP contribution in [0.25, 0.3) is 0 Å². The van der Waals surface area contributed by atoms with E-state index in [2.05, 4.69) is 20.8 Å². The maximum atomic E-state index is 13.0. The first-order valence-electron chi connectivity index (χ1n) is 5.79. The Morgan fingerprint density at radius 2 is 1.94 bits per heavy atom. The molecule has 0 bridgehead atoms. The average molecular weight is 223 g/mol. The highest BCUT2D eigenvalue weighted by atomic mass is 19.1. The molecule has 0 fully saturated rings. The number of nitrogens with two attached hydrogens (primary N) is 1. The van der Waals surface area contributed by atoms with Gasteiger partial charge >= 0.3 is 0 Å². The number of rotatable bonds is 3. The van der Waals surface area contributed by atoms with E-state index in [1.54, 1.807) is 6.07 Å². The standard InChI is InChI=1S/C14H22FN/c1-10-7-13(15)6-5-11(10)8-12(9-16)14(2,3)4/h5-7,12H,8-9,16H2,1-4H3. The van der Waals surface area contributed by atoms with Gasteiger partial charge in [0.1, 0.15) is 5.82 Å². The Hall–Kier alpha value is -0.890. The second-order valence-corrected chi connectivity index (χ2v) is 5.57. The number of benzene rings is 1. The molecule has 16 heavy (non-hydrogen) atoms. The number of hydrogen-bond donors (Lipinski definition) is 1. The van der Waals surface area contributed by atoms with E-state index in [0.717, 1.165) is 12.0 Å². The molecule has 1 atom stereocenters. The van der Waals surface area contributed by atoms with Crippen LogP contribution in [-0.2, 0) is 6.42 Å². The van der Waals surface area contributed by atoms with Gasteiger partial charge in [0.2, 0.25) is 0 Å². The van der Waals surface area contributed by atoms with Gasteiger partial charge in [-0.05, 0) is 54.5 Å². The van der Waals surface area contributed by atoms with Crippen molar-refractivity contribution in [3.8, 4) is 0 Å². The average Bonchev–Trinajstić information content (AvgIpc) is 2.14. The van der Waals surface area contributed by atoms with E-state index < -0.39 is 0 Å². The first-order valence-corrected chi connectivity index (χ1v) is 5.79. The fraction of sp³-hybridized carbons (Fsp3) is 0.571. The van der Waals surface area contributed by atoms with Crippen LogP contribution < -0.4 is 5.73 Å². The molecule has 1 unspecified atom stereocenters. The molecular formula is C14H22FN. The number of halogens is 1. The van der Waals surface area contributed by atoms with Crippen molar-refractivity contribution in [1.82, 2.24) is 0 Å². The first kappa shape index (κ1) is 13.2. The van der Waals surface area contributed by atoms with Crippen LogP contribution in [0.4, 0.5) is 4.39 Å². The van der Waals surface area contributed by atoms with E-state index in [1.165, 1.54) is 11.6 Å². The Morgan fingerprint density at radius 3 is 2.38 bits per heavy atom. The summed E-state index contributed by atoms with van der Waals surface area (Å²) in [4.78, 5) is 0. The summed E-state index contributed by atoms with van der Waals surface area (Å²) < 4.78 is 13.0. The predicted octanol–water partition coefficient (Wildman–Crippen LogP) is 3.30. The molecule has 90 valence electrons. The summed E-state index contributed by atoms with van der Waals surface area (Å²) in [5.41, 5.74) is 8.22. The van der Waals surface area contributed by atoms with Crippen molar-refractivity contribution in [2.24, 2.45) is 17.1 Å². The van der Waals surface area contributed by atoms with Gasteiger partial charge in [-0.25, -0.2) is 4.39 Å². The monoisotopic (exact) mass is 223 g/mol. The highest BCUT2D eigenvalue weighted by Crippen LogP contribution is 2.29. The van der Waals surface area contributed by atoms with Crippen molar-refractivity contribution in [1.29, 1.82) is 0 Å². The van der Waals surface area contributed by atoms with Gasteiger partial charge in [-0.2, -0.15) is 0 Å². The number of aryl methyl sites for hydroxylation is 1. The molecular weight excluding hydrogens is 201 g/mol. The lowest BCUT2D eigenvalue weighted by Gasteiger charge is -2.30. The molecule has 2 heteroatoms.